The molecular formula is C48H60Br4O12Si4. The van der Waals surface area contributed by atoms with Gasteiger partial charge < -0.3 is 55.8 Å². The van der Waals surface area contributed by atoms with E-state index in [0.29, 0.717) is 115 Å². The van der Waals surface area contributed by atoms with Gasteiger partial charge in [0.15, 0.2) is 0 Å². The zero-order valence-electron chi connectivity index (χ0n) is 39.7. The molecule has 8 bridgehead atoms. The van der Waals surface area contributed by atoms with Crippen LogP contribution in [0.3, 0.4) is 0 Å². The minimum atomic E-state index is -3.13. The fourth-order valence-corrected chi connectivity index (χ4v) is 20.2. The van der Waals surface area contributed by atoms with E-state index in [4.69, 9.17) is 35.4 Å². The second-order valence-corrected chi connectivity index (χ2v) is 36.2. The summed E-state index contributed by atoms with van der Waals surface area (Å²) in [6.45, 7) is 16.1. The van der Waals surface area contributed by atoms with E-state index in [0.717, 1.165) is 44.5 Å². The minimum absolute atomic E-state index is 0.0274. The topological polar surface area (TPSA) is 155 Å². The Balaban J connectivity index is 1.54. The van der Waals surface area contributed by atoms with E-state index in [1.165, 1.54) is 0 Å². The van der Waals surface area contributed by atoms with Gasteiger partial charge in [0.1, 0.15) is 46.0 Å². The largest absolute Gasteiger partial charge is 0.511 e. The molecule has 0 fully saturated rings. The molecule has 1 aliphatic carbocycles. The third-order valence-electron chi connectivity index (χ3n) is 13.3. The first-order valence-corrected chi connectivity index (χ1v) is 38.0. The molecule has 68 heavy (non-hydrogen) atoms. The summed E-state index contributed by atoms with van der Waals surface area (Å²) in [5, 5.41) is 42.3. The average Bonchev–Trinajstić information content (AvgIpc) is 3.25. The van der Waals surface area contributed by atoms with E-state index in [1.807, 2.05) is 52.4 Å². The lowest BCUT2D eigenvalue weighted by Crippen LogP contribution is -2.46. The van der Waals surface area contributed by atoms with Gasteiger partial charge in [-0.1, -0.05) is 0 Å². The normalized spacial score (nSPS) is 22.5. The lowest BCUT2D eigenvalue weighted by molar-refractivity contribution is 0.279. The molecule has 4 N–H and O–H groups in total. The molecule has 0 unspecified atom stereocenters. The van der Waals surface area contributed by atoms with Crippen LogP contribution in [0.2, 0.25) is 52.4 Å². The zero-order valence-corrected chi connectivity index (χ0v) is 50.0. The molecule has 20 heteroatoms. The molecule has 0 saturated heterocycles. The number of rotatable bonds is 12. The minimum Gasteiger partial charge on any atom is -0.511 e. The van der Waals surface area contributed by atoms with Crippen LogP contribution in [0.1, 0.15) is 120 Å². The van der Waals surface area contributed by atoms with Crippen LogP contribution in [-0.2, 0) is 0 Å². The van der Waals surface area contributed by atoms with Crippen molar-refractivity contribution < 1.29 is 55.8 Å². The molecule has 0 aromatic heterocycles. The molecule has 0 saturated carbocycles. The molecule has 4 aromatic carbocycles. The van der Waals surface area contributed by atoms with Crippen molar-refractivity contribution in [1.29, 1.82) is 0 Å². The van der Waals surface area contributed by atoms with Gasteiger partial charge in [-0.05, 0) is 139 Å². The second-order valence-electron chi connectivity index (χ2n) is 20.2. The van der Waals surface area contributed by atoms with Crippen LogP contribution in [-0.4, -0.2) is 81.1 Å². The molecule has 5 aliphatic rings. The first-order valence-electron chi connectivity index (χ1n) is 23.5. The Morgan fingerprint density at radius 2 is 0.471 bits per heavy atom. The maximum atomic E-state index is 10.6. The van der Waals surface area contributed by atoms with Gasteiger partial charge in [-0.15, -0.1) is 0 Å². The number of aliphatic hydroxyl groups excluding tert-OH is 4. The molecule has 0 atom stereocenters. The van der Waals surface area contributed by atoms with Crippen molar-refractivity contribution in [1.82, 2.24) is 0 Å². The molecule has 4 aromatic rings. The van der Waals surface area contributed by atoms with Gasteiger partial charge in [0.2, 0.25) is 0 Å². The molecule has 0 radical (unpaired) electrons. The summed E-state index contributed by atoms with van der Waals surface area (Å²) in [4.78, 5) is 0. The van der Waals surface area contributed by atoms with Crippen molar-refractivity contribution in [2.24, 2.45) is 0 Å². The molecule has 9 rings (SSSR count). The molecule has 368 valence electrons. The van der Waals surface area contributed by atoms with Crippen LogP contribution in [0.25, 0.3) is 0 Å². The highest BCUT2D eigenvalue weighted by Gasteiger charge is 2.48. The molecule has 4 heterocycles. The second kappa shape index (κ2) is 19.1. The van der Waals surface area contributed by atoms with Crippen molar-refractivity contribution in [3.8, 4) is 46.0 Å². The van der Waals surface area contributed by atoms with Crippen LogP contribution in [0.5, 0.6) is 46.0 Å². The van der Waals surface area contributed by atoms with E-state index in [-0.39, 0.29) is 50.1 Å². The van der Waals surface area contributed by atoms with Gasteiger partial charge >= 0.3 is 34.2 Å². The van der Waals surface area contributed by atoms with Gasteiger partial charge in [0, 0.05) is 147 Å². The van der Waals surface area contributed by atoms with Crippen molar-refractivity contribution in [2.45, 2.75) is 127 Å². The first-order chi connectivity index (χ1) is 32.1. The Kier molecular flexibility index (Phi) is 14.3. The molecule has 0 spiro atoms. The van der Waals surface area contributed by atoms with Crippen LogP contribution in [0.4, 0.5) is 0 Å². The van der Waals surface area contributed by atoms with Crippen LogP contribution in [0.15, 0.2) is 42.2 Å². The van der Waals surface area contributed by atoms with E-state index < -0.39 is 34.2 Å². The predicted molar refractivity (Wildman–Crippen MR) is 284 cm³/mol. The Morgan fingerprint density at radius 3 is 0.603 bits per heavy atom. The number of benzene rings is 4. The standard InChI is InChI=1S/C48H60Br4O12Si4/c1-65(2)57-41-29-21-31-26(14-10-18-54)33-23-35-28(16-12-20-56)36-24-34-27(15-11-19-55)32-22-30(25(29)13-9-17-53)42(58-65)38(50)44(32)60-67(5,6)62-46(34)40(52)48(36)64-68(7,8)63-47(35)39(51)45(33)61-66(3,4)59-43(31)37(41)49/h21-28,53-56H,9-20H2,1-8H3. The van der Waals surface area contributed by atoms with Crippen LogP contribution >= 0.6 is 63.7 Å². The smallest absolute Gasteiger partial charge is 0.454 e. The quantitative estimate of drug-likeness (QED) is 0.0998. The maximum Gasteiger partial charge on any atom is 0.454 e. The highest BCUT2D eigenvalue weighted by atomic mass is 79.9. The zero-order chi connectivity index (χ0) is 48.8. The lowest BCUT2D eigenvalue weighted by atomic mass is 9.76. The third-order valence-corrected chi connectivity index (χ3v) is 21.8. The van der Waals surface area contributed by atoms with Gasteiger partial charge in [-0.25, -0.2) is 0 Å². The molecule has 0 amide bonds. The first kappa shape index (κ1) is 50.8. The van der Waals surface area contributed by atoms with Crippen molar-refractivity contribution in [3.63, 3.8) is 0 Å². The summed E-state index contributed by atoms with van der Waals surface area (Å²) in [5.41, 5.74) is 7.33. The average molecular weight is 1260 g/mol. The highest BCUT2D eigenvalue weighted by molar-refractivity contribution is 9.11. The molecular weight excluding hydrogens is 1200 g/mol. The van der Waals surface area contributed by atoms with Crippen molar-refractivity contribution in [3.05, 3.63) is 86.7 Å². The Labute approximate surface area is 436 Å². The summed E-state index contributed by atoms with van der Waals surface area (Å²) < 4.78 is 60.2. The fraction of sp³-hybridized carbons (Fsp3) is 0.500. The van der Waals surface area contributed by atoms with Crippen molar-refractivity contribution in [2.75, 3.05) is 26.4 Å². The van der Waals surface area contributed by atoms with Gasteiger partial charge in [-0.2, -0.15) is 0 Å². The van der Waals surface area contributed by atoms with Crippen molar-refractivity contribution >= 4 is 98.0 Å². The number of hydrogen-bond acceptors (Lipinski definition) is 12. The number of hydrogen-bond donors (Lipinski definition) is 4. The predicted octanol–water partition coefficient (Wildman–Crippen LogP) is 12.6. The number of aliphatic hydroxyl groups is 4. The molecule has 4 aliphatic heterocycles. The molecule has 12 nitrogen and oxygen atoms in total. The Morgan fingerprint density at radius 1 is 0.324 bits per heavy atom. The summed E-state index contributed by atoms with van der Waals surface area (Å²) >= 11 is 16.4. The van der Waals surface area contributed by atoms with Crippen LogP contribution < -0.4 is 35.4 Å². The van der Waals surface area contributed by atoms with E-state index >= 15 is 0 Å². The summed E-state index contributed by atoms with van der Waals surface area (Å²) in [7, 11) is -12.5. The van der Waals surface area contributed by atoms with Gasteiger partial charge in [0.05, 0.1) is 17.9 Å². The monoisotopic (exact) mass is 1260 g/mol. The van der Waals surface area contributed by atoms with E-state index in [1.54, 1.807) is 0 Å². The summed E-state index contributed by atoms with van der Waals surface area (Å²) in [6.07, 6.45) is 4.14. The highest BCUT2D eigenvalue weighted by Crippen LogP contribution is 2.62. The van der Waals surface area contributed by atoms with Gasteiger partial charge in [-0.3, -0.25) is 0 Å². The Hall–Kier alpha value is -2.09. The maximum absolute atomic E-state index is 10.6. The van der Waals surface area contributed by atoms with Gasteiger partial charge in [0.25, 0.3) is 0 Å². The summed E-state index contributed by atoms with van der Waals surface area (Å²) in [5.74, 6) is 3.52. The fourth-order valence-electron chi connectivity index (χ4n) is 10.7. The summed E-state index contributed by atoms with van der Waals surface area (Å²) in [6, 6.07) is 8.96. The van der Waals surface area contributed by atoms with Crippen LogP contribution in [0, 0.1) is 0 Å². The van der Waals surface area contributed by atoms with E-state index in [2.05, 4.69) is 88.0 Å². The van der Waals surface area contributed by atoms with E-state index in [9.17, 15) is 20.4 Å². The lowest BCUT2D eigenvalue weighted by Gasteiger charge is -2.42. The Bertz CT molecular complexity index is 2170. The third kappa shape index (κ3) is 9.19. The SMILES string of the molecule is C[Si]1(C)Oc2c3cc4c(c2Br)O[Si](C)(C)Oc2c(cc5c(c2Br)O[Si](C)(C)Oc2c(cc6c(c2Br)O[Si](C)(C)Oc2c(cc(c(c2Br)O1)C3CCCO)C6CCCO)C5CCCO)C4CCCO. The number of halogens is 4.